The van der Waals surface area contributed by atoms with Crippen LogP contribution in [0.1, 0.15) is 41.5 Å². The summed E-state index contributed by atoms with van der Waals surface area (Å²) in [6.07, 6.45) is 6.75. The van der Waals surface area contributed by atoms with Gasteiger partial charge in [-0.1, -0.05) is 87.9 Å². The Balaban J connectivity index is 0.000000448. The fourth-order valence-electron chi connectivity index (χ4n) is 3.58. The summed E-state index contributed by atoms with van der Waals surface area (Å²) in [4.78, 5) is 2.11. The van der Waals surface area contributed by atoms with Crippen LogP contribution in [0.4, 0.5) is 5.69 Å². The molecule has 1 aliphatic rings. The number of rotatable bonds is 2. The molecular formula is C28H38NSn. The van der Waals surface area contributed by atoms with Gasteiger partial charge in [-0.25, -0.2) is 0 Å². The SMILES string of the molecule is CC(C)[C@H]1[CH]C[C@H](C)CC1.CN(C)c1cccc2ccc[c]c12.[HH].[Sn].[c]1ccccc1. The van der Waals surface area contributed by atoms with Crippen molar-refractivity contribution in [2.75, 3.05) is 19.0 Å². The molecule has 0 amide bonds. The number of nitrogens with zero attached hydrogens (tertiary/aromatic N) is 1. The van der Waals surface area contributed by atoms with E-state index in [2.05, 4.69) is 82.6 Å². The van der Waals surface area contributed by atoms with Crippen LogP contribution < -0.4 is 4.90 Å². The fourth-order valence-corrected chi connectivity index (χ4v) is 3.58. The monoisotopic (exact) mass is 508 g/mol. The van der Waals surface area contributed by atoms with Crippen molar-refractivity contribution >= 4 is 40.4 Å². The van der Waals surface area contributed by atoms with Gasteiger partial charge < -0.3 is 4.90 Å². The Labute approximate surface area is 203 Å². The molecule has 1 aliphatic carbocycles. The molecule has 1 saturated carbocycles. The quantitative estimate of drug-likeness (QED) is 0.328. The summed E-state index contributed by atoms with van der Waals surface area (Å²) in [6.45, 7) is 7.02. The minimum Gasteiger partial charge on any atom is -0.377 e. The van der Waals surface area contributed by atoms with Crippen LogP contribution in [-0.2, 0) is 0 Å². The van der Waals surface area contributed by atoms with E-state index in [9.17, 15) is 0 Å². The van der Waals surface area contributed by atoms with Gasteiger partial charge in [0.05, 0.1) is 0 Å². The largest absolute Gasteiger partial charge is 0.377 e. The molecule has 3 aromatic rings. The molecule has 0 heterocycles. The molecule has 0 aliphatic heterocycles. The number of anilines is 1. The van der Waals surface area contributed by atoms with E-state index in [1.165, 1.54) is 35.7 Å². The molecule has 159 valence electrons. The van der Waals surface area contributed by atoms with Gasteiger partial charge in [0.15, 0.2) is 0 Å². The Hall–Kier alpha value is -1.48. The molecule has 7 radical (unpaired) electrons. The molecule has 1 nitrogen and oxygen atoms in total. The van der Waals surface area contributed by atoms with Crippen LogP contribution in [-0.4, -0.2) is 38.0 Å². The van der Waals surface area contributed by atoms with Gasteiger partial charge in [-0.05, 0) is 60.6 Å². The third-order valence-corrected chi connectivity index (χ3v) is 5.45. The van der Waals surface area contributed by atoms with Crippen LogP contribution in [0.3, 0.4) is 0 Å². The van der Waals surface area contributed by atoms with Gasteiger partial charge in [0.1, 0.15) is 0 Å². The molecule has 4 rings (SSSR count). The topological polar surface area (TPSA) is 3.24 Å². The third-order valence-electron chi connectivity index (χ3n) is 5.45. The summed E-state index contributed by atoms with van der Waals surface area (Å²) < 4.78 is 0. The van der Waals surface area contributed by atoms with Crippen LogP contribution >= 0.6 is 0 Å². The molecular weight excluding hydrogens is 469 g/mol. The van der Waals surface area contributed by atoms with Crippen molar-refractivity contribution < 1.29 is 1.43 Å². The molecule has 0 bridgehead atoms. The van der Waals surface area contributed by atoms with Gasteiger partial charge in [0.25, 0.3) is 0 Å². The van der Waals surface area contributed by atoms with Crippen molar-refractivity contribution in [2.45, 2.75) is 40.0 Å². The van der Waals surface area contributed by atoms with Crippen LogP contribution in [0.25, 0.3) is 10.8 Å². The van der Waals surface area contributed by atoms with E-state index in [4.69, 9.17) is 0 Å². The Morgan fingerprint density at radius 1 is 0.933 bits per heavy atom. The molecule has 0 unspecified atom stereocenters. The first-order valence-corrected chi connectivity index (χ1v) is 10.8. The molecule has 0 aromatic heterocycles. The second-order valence-electron chi connectivity index (χ2n) is 8.45. The van der Waals surface area contributed by atoms with Crippen molar-refractivity contribution in [3.05, 3.63) is 85.3 Å². The minimum atomic E-state index is 0. The summed E-state index contributed by atoms with van der Waals surface area (Å²) in [5, 5.41) is 2.43. The van der Waals surface area contributed by atoms with Crippen LogP contribution in [0.2, 0.25) is 0 Å². The van der Waals surface area contributed by atoms with Gasteiger partial charge in [-0.2, -0.15) is 0 Å². The average Bonchev–Trinajstić information content (AvgIpc) is 2.76. The number of fused-ring (bicyclic) bond motifs is 1. The molecule has 0 saturated heterocycles. The van der Waals surface area contributed by atoms with Crippen LogP contribution in [0, 0.1) is 36.3 Å². The van der Waals surface area contributed by atoms with E-state index in [1.807, 2.05) is 42.5 Å². The Kier molecular flexibility index (Phi) is 12.8. The zero-order valence-electron chi connectivity index (χ0n) is 19.2. The Bertz CT molecular complexity index is 779. The molecule has 2 heteroatoms. The van der Waals surface area contributed by atoms with E-state index < -0.39 is 0 Å². The zero-order valence-corrected chi connectivity index (χ0v) is 22.1. The average molecular weight is 507 g/mol. The predicted molar refractivity (Wildman–Crippen MR) is 136 cm³/mol. The van der Waals surface area contributed by atoms with E-state index in [0.29, 0.717) is 0 Å². The first kappa shape index (κ1) is 26.6. The van der Waals surface area contributed by atoms with Gasteiger partial charge in [-0.15, -0.1) is 0 Å². The van der Waals surface area contributed by atoms with Gasteiger partial charge >= 0.3 is 0 Å². The molecule has 1 fully saturated rings. The van der Waals surface area contributed by atoms with Crippen LogP contribution in [0.15, 0.2) is 66.7 Å². The van der Waals surface area contributed by atoms with Crippen molar-refractivity contribution in [1.82, 2.24) is 0 Å². The molecule has 30 heavy (non-hydrogen) atoms. The Morgan fingerprint density at radius 2 is 1.63 bits per heavy atom. The maximum atomic E-state index is 3.26. The summed E-state index contributed by atoms with van der Waals surface area (Å²) in [7, 11) is 4.10. The Morgan fingerprint density at radius 3 is 2.13 bits per heavy atom. The molecule has 0 spiro atoms. The van der Waals surface area contributed by atoms with Gasteiger partial charge in [0, 0.05) is 50.5 Å². The summed E-state index contributed by atoms with van der Waals surface area (Å²) >= 11 is 0. The van der Waals surface area contributed by atoms with E-state index in [-0.39, 0.29) is 25.3 Å². The first-order valence-electron chi connectivity index (χ1n) is 10.8. The summed E-state index contributed by atoms with van der Waals surface area (Å²) in [6, 6.07) is 28.1. The number of hydrogen-bond acceptors (Lipinski definition) is 1. The van der Waals surface area contributed by atoms with Gasteiger partial charge in [-0.3, -0.25) is 0 Å². The van der Waals surface area contributed by atoms with Crippen molar-refractivity contribution in [3.63, 3.8) is 0 Å². The number of hydrogen-bond donors (Lipinski definition) is 0. The predicted octanol–water partition coefficient (Wildman–Crippen LogP) is 7.34. The second kappa shape index (κ2) is 14.5. The fraction of sp³-hybridized carbons (Fsp3) is 0.393. The maximum absolute atomic E-state index is 3.26. The van der Waals surface area contributed by atoms with E-state index in [0.717, 1.165) is 17.8 Å². The van der Waals surface area contributed by atoms with Crippen molar-refractivity contribution in [2.24, 2.45) is 17.8 Å². The van der Waals surface area contributed by atoms with E-state index >= 15 is 0 Å². The molecule has 3 aromatic carbocycles. The zero-order chi connectivity index (χ0) is 21.1. The van der Waals surface area contributed by atoms with Crippen LogP contribution in [0.5, 0.6) is 0 Å². The standard InChI is InChI=1S/C12H12N.C10H19.C6H5.Sn.H2/c1-13(2)12-9-5-7-10-6-3-4-8-11(10)12;1-8(2)10-6-4-9(3)5-7-10;1-2-4-6-5-3-1;;/h3-7,9H,1-2H3;6,8-10H,4-5,7H2,1-3H3;1-5H;;1H/t;9-,10-;;;/m.0.../s1. The summed E-state index contributed by atoms with van der Waals surface area (Å²) in [5.74, 6) is 2.73. The smallest absolute Gasteiger partial charge is 0.0447 e. The van der Waals surface area contributed by atoms with E-state index in [1.54, 1.807) is 0 Å². The van der Waals surface area contributed by atoms with Crippen molar-refractivity contribution in [1.29, 1.82) is 0 Å². The molecule has 0 N–H and O–H groups in total. The maximum Gasteiger partial charge on any atom is 0.0447 e. The normalized spacial score (nSPS) is 17.7. The summed E-state index contributed by atoms with van der Waals surface area (Å²) in [5.41, 5.74) is 1.22. The molecule has 2 atom stereocenters. The number of benzene rings is 3. The minimum absolute atomic E-state index is 0. The second-order valence-corrected chi connectivity index (χ2v) is 8.45. The third kappa shape index (κ3) is 9.12. The first-order chi connectivity index (χ1) is 14.0. The van der Waals surface area contributed by atoms with Gasteiger partial charge in [0.2, 0.25) is 0 Å². The van der Waals surface area contributed by atoms with Crippen molar-refractivity contribution in [3.8, 4) is 0 Å².